The Bertz CT molecular complexity index is 1430. The van der Waals surface area contributed by atoms with Gasteiger partial charge in [0.25, 0.3) is 11.8 Å². The molecule has 1 aromatic carbocycles. The van der Waals surface area contributed by atoms with Gasteiger partial charge in [0.15, 0.2) is 6.10 Å². The van der Waals surface area contributed by atoms with Crippen LogP contribution in [0.25, 0.3) is 0 Å². The molecule has 4 atom stereocenters. The van der Waals surface area contributed by atoms with Gasteiger partial charge in [-0.1, -0.05) is 58.0 Å². The fourth-order valence-corrected chi connectivity index (χ4v) is 5.47. The summed E-state index contributed by atoms with van der Waals surface area (Å²) in [6.07, 6.45) is -1.44. The van der Waals surface area contributed by atoms with E-state index in [9.17, 15) is 24.0 Å². The highest BCUT2D eigenvalue weighted by atomic mass is 16.5. The second-order valence-electron chi connectivity index (χ2n) is 12.6. The number of carbonyl (C=O) groups is 5. The predicted octanol–water partition coefficient (Wildman–Crippen LogP) is 0.238. The second-order valence-corrected chi connectivity index (χ2v) is 12.6. The van der Waals surface area contributed by atoms with Gasteiger partial charge in [-0.25, -0.2) is 9.97 Å². The molecule has 248 valence electrons. The van der Waals surface area contributed by atoms with E-state index in [1.807, 2.05) is 58.0 Å². The van der Waals surface area contributed by atoms with E-state index >= 15 is 0 Å². The van der Waals surface area contributed by atoms with Crippen LogP contribution in [0.15, 0.2) is 36.4 Å². The number of nitrogens with one attached hydrogen (secondary N) is 3. The zero-order valence-electron chi connectivity index (χ0n) is 27.0. The molecular weight excluding hydrogens is 592 g/mol. The van der Waals surface area contributed by atoms with Gasteiger partial charge in [-0.3, -0.25) is 24.0 Å². The number of hydrogen-bond donors (Lipinski definition) is 4. The van der Waals surface area contributed by atoms with Crippen LogP contribution in [-0.2, 0) is 30.3 Å². The maximum absolute atomic E-state index is 13.8. The van der Waals surface area contributed by atoms with Gasteiger partial charge >= 0.3 is 0 Å². The molecule has 14 nitrogen and oxygen atoms in total. The van der Waals surface area contributed by atoms with E-state index in [0.717, 1.165) is 5.56 Å². The maximum Gasteiger partial charge on any atom is 0.272 e. The summed E-state index contributed by atoms with van der Waals surface area (Å²) in [6, 6.07) is 8.84. The number of ether oxygens (including phenoxy) is 1. The third-order valence-corrected chi connectivity index (χ3v) is 7.84. The lowest BCUT2D eigenvalue weighted by molar-refractivity contribution is -0.148. The standard InChI is InChI=1S/C32H44N8O6/c1-18(2)11-23-28(42)34-14-21-15-40(31(45)25-13-22(19(3)4)37-32(33)38-25)16-26(46-21)29(43)36-24(12-20-9-7-6-8-10-20)30(44)39(5)17-27(41)35-23/h6-10,13,18-19,21,23-24,26H,11-12,14-17H2,1-5H3,(H,34,42)(H,35,41)(H,36,43)(H2,33,37,38)/t21-,23+,24-,26-/m1/s1. The average molecular weight is 637 g/mol. The molecule has 0 unspecified atom stereocenters. The largest absolute Gasteiger partial charge is 0.368 e. The number of aromatic nitrogens is 2. The summed E-state index contributed by atoms with van der Waals surface area (Å²) in [6.45, 7) is 7.26. The molecule has 2 aromatic rings. The van der Waals surface area contributed by atoms with Crippen molar-refractivity contribution in [2.24, 2.45) is 5.92 Å². The van der Waals surface area contributed by atoms with Gasteiger partial charge in [-0.2, -0.15) is 0 Å². The number of carbonyl (C=O) groups excluding carboxylic acids is 5. The number of nitrogen functional groups attached to an aromatic ring is 1. The Morgan fingerprint density at radius 2 is 1.72 bits per heavy atom. The van der Waals surface area contributed by atoms with Gasteiger partial charge in [0, 0.05) is 32.3 Å². The molecule has 2 aliphatic heterocycles. The maximum atomic E-state index is 13.8. The topological polar surface area (TPSA) is 189 Å². The molecule has 0 aliphatic carbocycles. The number of nitrogens with zero attached hydrogens (tertiary/aromatic N) is 4. The number of morpholine rings is 1. The molecule has 4 rings (SSSR count). The molecule has 3 heterocycles. The summed E-state index contributed by atoms with van der Waals surface area (Å²) in [7, 11) is 1.47. The van der Waals surface area contributed by atoms with Gasteiger partial charge < -0.3 is 36.2 Å². The Kier molecular flexibility index (Phi) is 11.3. The van der Waals surface area contributed by atoms with Crippen LogP contribution in [0, 0.1) is 5.92 Å². The molecule has 0 radical (unpaired) electrons. The normalized spacial score (nSPS) is 23.4. The van der Waals surface area contributed by atoms with Gasteiger partial charge in [-0.05, 0) is 29.9 Å². The molecule has 46 heavy (non-hydrogen) atoms. The molecule has 1 aromatic heterocycles. The molecule has 0 spiro atoms. The van der Waals surface area contributed by atoms with Gasteiger partial charge in [0.05, 0.1) is 19.2 Å². The van der Waals surface area contributed by atoms with Crippen LogP contribution in [0.4, 0.5) is 5.95 Å². The summed E-state index contributed by atoms with van der Waals surface area (Å²) >= 11 is 0. The number of benzene rings is 1. The Hall–Kier alpha value is -4.59. The molecule has 2 fully saturated rings. The first-order valence-corrected chi connectivity index (χ1v) is 15.6. The minimum absolute atomic E-state index is 0.0119. The van der Waals surface area contributed by atoms with E-state index < -0.39 is 53.8 Å². The Balaban J connectivity index is 1.68. The van der Waals surface area contributed by atoms with Crippen LogP contribution in [0.3, 0.4) is 0 Å². The second kappa shape index (κ2) is 15.1. The molecule has 14 heteroatoms. The number of nitrogens with two attached hydrogens (primary N) is 1. The quantitative estimate of drug-likeness (QED) is 0.344. The Labute approximate surface area is 268 Å². The smallest absolute Gasteiger partial charge is 0.272 e. The number of amides is 5. The molecule has 2 aliphatic rings. The zero-order valence-corrected chi connectivity index (χ0v) is 27.0. The van der Waals surface area contributed by atoms with Gasteiger partial charge in [-0.15, -0.1) is 0 Å². The minimum Gasteiger partial charge on any atom is -0.368 e. The summed E-state index contributed by atoms with van der Waals surface area (Å²) in [5, 5.41) is 8.37. The fraction of sp³-hybridized carbons (Fsp3) is 0.531. The number of rotatable bonds is 6. The molecular formula is C32H44N8O6. The third-order valence-electron chi connectivity index (χ3n) is 7.84. The molecule has 2 bridgehead atoms. The van der Waals surface area contributed by atoms with E-state index in [-0.39, 0.29) is 56.1 Å². The highest BCUT2D eigenvalue weighted by Crippen LogP contribution is 2.19. The van der Waals surface area contributed by atoms with E-state index in [1.165, 1.54) is 16.8 Å². The summed E-state index contributed by atoms with van der Waals surface area (Å²) in [5.41, 5.74) is 7.38. The fourth-order valence-electron chi connectivity index (χ4n) is 5.47. The molecule has 0 saturated carbocycles. The number of likely N-dealkylation sites (N-methyl/N-ethyl adjacent to an activating group) is 1. The Morgan fingerprint density at radius 3 is 2.39 bits per heavy atom. The zero-order chi connectivity index (χ0) is 33.5. The highest BCUT2D eigenvalue weighted by Gasteiger charge is 2.38. The summed E-state index contributed by atoms with van der Waals surface area (Å²) in [4.78, 5) is 78.5. The lowest BCUT2D eigenvalue weighted by Gasteiger charge is -2.38. The highest BCUT2D eigenvalue weighted by molar-refractivity contribution is 5.95. The van der Waals surface area contributed by atoms with Crippen molar-refractivity contribution >= 4 is 35.5 Å². The van der Waals surface area contributed by atoms with Crippen LogP contribution in [0.2, 0.25) is 0 Å². The summed E-state index contributed by atoms with van der Waals surface area (Å²) in [5.74, 6) is -2.51. The van der Waals surface area contributed by atoms with E-state index in [1.54, 1.807) is 6.07 Å². The van der Waals surface area contributed by atoms with Crippen LogP contribution in [0.1, 0.15) is 61.8 Å². The van der Waals surface area contributed by atoms with Crippen molar-refractivity contribution in [1.82, 2.24) is 35.7 Å². The van der Waals surface area contributed by atoms with Crippen molar-refractivity contribution < 1.29 is 28.7 Å². The number of fused-ring (bicyclic) bond motifs is 2. The van der Waals surface area contributed by atoms with Crippen molar-refractivity contribution in [3.63, 3.8) is 0 Å². The molecule has 2 saturated heterocycles. The minimum atomic E-state index is -1.17. The molecule has 5 N–H and O–H groups in total. The monoisotopic (exact) mass is 636 g/mol. The van der Waals surface area contributed by atoms with Crippen LogP contribution < -0.4 is 21.7 Å². The Morgan fingerprint density at radius 1 is 1.00 bits per heavy atom. The van der Waals surface area contributed by atoms with Crippen LogP contribution in [0.5, 0.6) is 0 Å². The average Bonchev–Trinajstić information content (AvgIpc) is 3.01. The molecule has 5 amide bonds. The lowest BCUT2D eigenvalue weighted by atomic mass is 10.0. The number of hydrogen-bond acceptors (Lipinski definition) is 9. The first kappa shape index (κ1) is 34.3. The first-order valence-electron chi connectivity index (χ1n) is 15.6. The van der Waals surface area contributed by atoms with E-state index in [0.29, 0.717) is 12.1 Å². The first-order chi connectivity index (χ1) is 21.8. The van der Waals surface area contributed by atoms with Gasteiger partial charge in [0.1, 0.15) is 17.8 Å². The summed E-state index contributed by atoms with van der Waals surface area (Å²) < 4.78 is 6.13. The van der Waals surface area contributed by atoms with Crippen molar-refractivity contribution in [3.8, 4) is 0 Å². The van der Waals surface area contributed by atoms with Crippen molar-refractivity contribution in [2.75, 3.05) is 39.0 Å². The van der Waals surface area contributed by atoms with E-state index in [4.69, 9.17) is 10.5 Å². The SMILES string of the molecule is CC(C)C[C@@H]1NC(=O)CN(C)C(=O)[C@@H](Cc2ccccc2)NC(=O)[C@H]2CN(C(=O)c3cc(C(C)C)nc(N)n3)C[C@@H](CNC1=O)O2. The van der Waals surface area contributed by atoms with Crippen LogP contribution in [-0.4, -0.2) is 107 Å². The van der Waals surface area contributed by atoms with Crippen molar-refractivity contribution in [2.45, 2.75) is 70.7 Å². The lowest BCUT2D eigenvalue weighted by Crippen LogP contribution is -2.59. The predicted molar refractivity (Wildman–Crippen MR) is 169 cm³/mol. The van der Waals surface area contributed by atoms with Gasteiger partial charge in [0.2, 0.25) is 23.7 Å². The third kappa shape index (κ3) is 8.99. The van der Waals surface area contributed by atoms with Crippen molar-refractivity contribution in [3.05, 3.63) is 53.3 Å². The van der Waals surface area contributed by atoms with Crippen molar-refractivity contribution in [1.29, 1.82) is 0 Å². The van der Waals surface area contributed by atoms with Crippen LogP contribution >= 0.6 is 0 Å². The number of anilines is 1. The van der Waals surface area contributed by atoms with E-state index in [2.05, 4.69) is 25.9 Å².